The zero-order chi connectivity index (χ0) is 24.9. The number of methoxy groups -OCH3 is 1. The number of imidazole rings is 1. The number of aryl methyl sites for hydroxylation is 1. The van der Waals surface area contributed by atoms with E-state index in [4.69, 9.17) is 4.74 Å². The van der Waals surface area contributed by atoms with Crippen LogP contribution in [0, 0.1) is 12.3 Å². The Morgan fingerprint density at radius 1 is 1.06 bits per heavy atom. The van der Waals surface area contributed by atoms with E-state index in [2.05, 4.69) is 33.9 Å². The van der Waals surface area contributed by atoms with Crippen LogP contribution in [0.3, 0.4) is 0 Å². The number of esters is 1. The summed E-state index contributed by atoms with van der Waals surface area (Å²) in [5.74, 6) is -0.386. The summed E-state index contributed by atoms with van der Waals surface area (Å²) in [5.41, 5.74) is 3.56. The highest BCUT2D eigenvalue weighted by molar-refractivity contribution is 5.97. The van der Waals surface area contributed by atoms with Gasteiger partial charge in [0.2, 0.25) is 5.95 Å². The normalized spacial score (nSPS) is 15.3. The molecule has 1 aliphatic rings. The van der Waals surface area contributed by atoms with Crippen LogP contribution in [-0.4, -0.2) is 29.4 Å². The molecular weight excluding hydrogens is 447 g/mol. The van der Waals surface area contributed by atoms with Crippen molar-refractivity contribution in [1.82, 2.24) is 9.97 Å². The number of hydrogen-bond acceptors (Lipinski definition) is 5. The lowest BCUT2D eigenvalue weighted by atomic mass is 9.78. The quantitative estimate of drug-likeness (QED) is 0.386. The highest BCUT2D eigenvalue weighted by Gasteiger charge is 2.31. The molecule has 1 aromatic heterocycles. The monoisotopic (exact) mass is 477 g/mol. The number of carbonyl (C=O) groups is 1. The third-order valence-corrected chi connectivity index (χ3v) is 5.87. The largest absolute Gasteiger partial charge is 0.573 e. The number of ether oxygens (including phenoxy) is 2. The van der Waals surface area contributed by atoms with E-state index >= 15 is 0 Å². The van der Waals surface area contributed by atoms with Crippen LogP contribution in [0.25, 0.3) is 11.0 Å². The van der Waals surface area contributed by atoms with Crippen LogP contribution < -0.4 is 10.1 Å². The van der Waals surface area contributed by atoms with Gasteiger partial charge in [0.25, 0.3) is 0 Å². The van der Waals surface area contributed by atoms with Crippen LogP contribution in [0.4, 0.5) is 24.8 Å². The van der Waals surface area contributed by atoms with Crippen molar-refractivity contribution in [3.05, 3.63) is 47.5 Å². The van der Waals surface area contributed by atoms with Gasteiger partial charge in [0.15, 0.2) is 0 Å². The van der Waals surface area contributed by atoms with Crippen LogP contribution in [0.15, 0.2) is 36.4 Å². The van der Waals surface area contributed by atoms with Gasteiger partial charge in [-0.3, -0.25) is 0 Å². The molecule has 0 amide bonds. The van der Waals surface area contributed by atoms with Crippen molar-refractivity contribution in [1.29, 1.82) is 0 Å². The Hall–Kier alpha value is -3.23. The molecule has 1 saturated carbocycles. The highest BCUT2D eigenvalue weighted by Crippen LogP contribution is 2.34. The molecule has 2 aromatic carbocycles. The summed E-state index contributed by atoms with van der Waals surface area (Å²) in [4.78, 5) is 19.2. The molecule has 6 nitrogen and oxygen atoms in total. The van der Waals surface area contributed by atoms with Crippen LogP contribution in [0.1, 0.15) is 61.9 Å². The number of hydrogen-bond donors (Lipinski definition) is 2. The minimum atomic E-state index is -4.73. The van der Waals surface area contributed by atoms with E-state index in [-0.39, 0.29) is 5.75 Å². The number of benzene rings is 2. The summed E-state index contributed by atoms with van der Waals surface area (Å²) >= 11 is 0. The first kappa shape index (κ1) is 25.4. The Labute approximate surface area is 196 Å². The number of fused-ring (bicyclic) bond motifs is 1. The Morgan fingerprint density at radius 3 is 2.24 bits per heavy atom. The average Bonchev–Trinajstić information content (AvgIpc) is 3.18. The number of aromatic amines is 1. The van der Waals surface area contributed by atoms with Gasteiger partial charge in [0.1, 0.15) is 5.75 Å². The third kappa shape index (κ3) is 6.88. The average molecular weight is 478 g/mol. The van der Waals surface area contributed by atoms with Crippen LogP contribution >= 0.6 is 0 Å². The smallest absolute Gasteiger partial charge is 0.465 e. The summed E-state index contributed by atoms with van der Waals surface area (Å²) in [6.45, 7) is 6.51. The topological polar surface area (TPSA) is 76.2 Å². The molecule has 0 saturated heterocycles. The van der Waals surface area contributed by atoms with Gasteiger partial charge in [-0.2, -0.15) is 0 Å². The van der Waals surface area contributed by atoms with E-state index in [1.54, 1.807) is 19.1 Å². The number of carbonyl (C=O) groups excluding carboxylic acids is 1. The molecule has 0 radical (unpaired) electrons. The summed E-state index contributed by atoms with van der Waals surface area (Å²) in [5, 5.41) is 2.95. The van der Waals surface area contributed by atoms with Gasteiger partial charge in [-0.25, -0.2) is 9.78 Å². The first-order valence-corrected chi connectivity index (χ1v) is 11.2. The minimum absolute atomic E-state index is 0.314. The van der Waals surface area contributed by atoms with Crippen molar-refractivity contribution in [2.45, 2.75) is 59.2 Å². The second-order valence-corrected chi connectivity index (χ2v) is 9.13. The van der Waals surface area contributed by atoms with E-state index in [0.29, 0.717) is 39.2 Å². The second kappa shape index (κ2) is 10.4. The van der Waals surface area contributed by atoms with E-state index < -0.39 is 12.3 Å². The van der Waals surface area contributed by atoms with Crippen LogP contribution in [0.2, 0.25) is 0 Å². The van der Waals surface area contributed by atoms with Crippen molar-refractivity contribution in [2.75, 3.05) is 12.4 Å². The van der Waals surface area contributed by atoms with E-state index in [1.165, 1.54) is 63.5 Å². The Morgan fingerprint density at radius 2 is 1.71 bits per heavy atom. The molecule has 184 valence electrons. The maximum absolute atomic E-state index is 12.2. The maximum atomic E-state index is 12.2. The number of halogens is 3. The van der Waals surface area contributed by atoms with Gasteiger partial charge in [-0.1, -0.05) is 33.1 Å². The second-order valence-electron chi connectivity index (χ2n) is 9.13. The number of nitrogens with one attached hydrogen (secondary N) is 2. The summed E-state index contributed by atoms with van der Waals surface area (Å²) in [6.07, 6.45) is 2.58. The van der Waals surface area contributed by atoms with Gasteiger partial charge in [0.05, 0.1) is 23.7 Å². The summed E-state index contributed by atoms with van der Waals surface area (Å²) in [6, 6.07) is 8.59. The molecule has 0 aliphatic heterocycles. The Bertz CT molecular complexity index is 1110. The van der Waals surface area contributed by atoms with Gasteiger partial charge < -0.3 is 19.8 Å². The SMILES string of the molecule is CC1(C)CCCCC1.COC(=O)c1ccc2[nH]c(Nc3ccc(OC(F)(F)F)cc3)nc2c1C. The van der Waals surface area contributed by atoms with E-state index in [9.17, 15) is 18.0 Å². The maximum Gasteiger partial charge on any atom is 0.573 e. The highest BCUT2D eigenvalue weighted by atomic mass is 19.4. The number of rotatable bonds is 4. The zero-order valence-electron chi connectivity index (χ0n) is 19.8. The lowest BCUT2D eigenvalue weighted by molar-refractivity contribution is -0.274. The van der Waals surface area contributed by atoms with E-state index in [0.717, 1.165) is 0 Å². The molecular formula is C25H30F3N3O3. The number of nitrogens with zero attached hydrogens (tertiary/aromatic N) is 1. The van der Waals surface area contributed by atoms with Crippen molar-refractivity contribution >= 4 is 28.6 Å². The molecule has 34 heavy (non-hydrogen) atoms. The third-order valence-electron chi connectivity index (χ3n) is 5.87. The van der Waals surface area contributed by atoms with Crippen molar-refractivity contribution in [3.8, 4) is 5.75 Å². The van der Waals surface area contributed by atoms with E-state index in [1.807, 2.05) is 0 Å². The van der Waals surface area contributed by atoms with Crippen LogP contribution in [-0.2, 0) is 4.74 Å². The standard InChI is InChI=1S/C17H14F3N3O3.C8H16/c1-9-12(15(24)25-2)7-8-13-14(9)23-16(22-13)21-10-3-5-11(6-4-10)26-17(18,19)20;1-8(2)6-4-3-5-7-8/h3-8H,1-2H3,(H2,21,22,23);3-7H2,1-2H3. The fraction of sp³-hybridized carbons (Fsp3) is 0.440. The first-order chi connectivity index (χ1) is 16.0. The van der Waals surface area contributed by atoms with Gasteiger partial charge in [0, 0.05) is 5.69 Å². The zero-order valence-corrected chi connectivity index (χ0v) is 19.8. The molecule has 0 spiro atoms. The van der Waals surface area contributed by atoms with Crippen molar-refractivity contribution in [3.63, 3.8) is 0 Å². The molecule has 3 aromatic rings. The number of H-pyrrole nitrogens is 1. The molecule has 4 rings (SSSR count). The summed E-state index contributed by atoms with van der Waals surface area (Å²) < 4.78 is 45.1. The fourth-order valence-corrected chi connectivity index (χ4v) is 3.99. The Kier molecular flexibility index (Phi) is 7.74. The first-order valence-electron chi connectivity index (χ1n) is 11.2. The van der Waals surface area contributed by atoms with Gasteiger partial charge in [-0.15, -0.1) is 13.2 Å². The molecule has 0 atom stereocenters. The number of alkyl halides is 3. The Balaban J connectivity index is 0.000000343. The molecule has 0 bridgehead atoms. The van der Waals surface area contributed by atoms with Gasteiger partial charge in [-0.05, 0) is 67.1 Å². The van der Waals surface area contributed by atoms with Crippen molar-refractivity contribution < 1.29 is 27.4 Å². The number of aromatic nitrogens is 2. The van der Waals surface area contributed by atoms with Crippen LogP contribution in [0.5, 0.6) is 5.75 Å². The fourth-order valence-electron chi connectivity index (χ4n) is 3.99. The number of anilines is 2. The molecule has 1 fully saturated rings. The predicted molar refractivity (Wildman–Crippen MR) is 125 cm³/mol. The minimum Gasteiger partial charge on any atom is -0.465 e. The molecule has 1 heterocycles. The summed E-state index contributed by atoms with van der Waals surface area (Å²) in [7, 11) is 1.30. The predicted octanol–water partition coefficient (Wildman–Crippen LogP) is 7.28. The lowest BCUT2D eigenvalue weighted by Gasteiger charge is -2.28. The molecule has 9 heteroatoms. The van der Waals surface area contributed by atoms with Gasteiger partial charge >= 0.3 is 12.3 Å². The lowest BCUT2D eigenvalue weighted by Crippen LogP contribution is -2.16. The molecule has 0 unspecified atom stereocenters. The molecule has 1 aliphatic carbocycles. The van der Waals surface area contributed by atoms with Crippen molar-refractivity contribution in [2.24, 2.45) is 5.41 Å². The molecule has 2 N–H and O–H groups in total.